The van der Waals surface area contributed by atoms with Crippen LogP contribution in [-0.4, -0.2) is 47.7 Å². The van der Waals surface area contributed by atoms with E-state index in [1.165, 1.54) is 0 Å². The molecule has 1 unspecified atom stereocenters. The van der Waals surface area contributed by atoms with Gasteiger partial charge in [0.25, 0.3) is 0 Å². The minimum atomic E-state index is -0.917. The molecule has 0 rings (SSSR count). The Morgan fingerprint density at radius 3 is 2.38 bits per heavy atom. The van der Waals surface area contributed by atoms with Crippen LogP contribution in [0.25, 0.3) is 0 Å². The number of amides is 1. The van der Waals surface area contributed by atoms with Crippen LogP contribution in [0.3, 0.4) is 0 Å². The molecule has 0 aliphatic carbocycles. The van der Waals surface area contributed by atoms with E-state index in [4.69, 9.17) is 10.2 Å². The molecule has 0 fully saturated rings. The molecule has 0 aromatic carbocycles. The van der Waals surface area contributed by atoms with Crippen molar-refractivity contribution in [1.29, 1.82) is 0 Å². The van der Waals surface area contributed by atoms with Crippen molar-refractivity contribution in [3.8, 4) is 0 Å². The second-order valence-electron chi connectivity index (χ2n) is 2.34. The lowest BCUT2D eigenvalue weighted by Crippen LogP contribution is -2.48. The molecule has 0 heterocycles. The Morgan fingerprint density at radius 2 is 2.08 bits per heavy atom. The molecule has 0 aromatic heterocycles. The van der Waals surface area contributed by atoms with Crippen LogP contribution in [0.4, 0.5) is 0 Å². The molecule has 0 saturated carbocycles. The van der Waals surface area contributed by atoms with Gasteiger partial charge >= 0.3 is 0 Å². The summed E-state index contributed by atoms with van der Waals surface area (Å²) in [5.74, 6) is -0.538. The van der Waals surface area contributed by atoms with Crippen molar-refractivity contribution in [2.75, 3.05) is 13.2 Å². The minimum absolute atomic E-state index is 0.383. The normalized spacial score (nSPS) is 14.7. The summed E-state index contributed by atoms with van der Waals surface area (Å²) in [4.78, 5) is 21.3. The smallest absolute Gasteiger partial charge is 0.240 e. The summed E-state index contributed by atoms with van der Waals surface area (Å²) >= 11 is 0. The van der Waals surface area contributed by atoms with Gasteiger partial charge in [-0.1, -0.05) is 9.39 Å². The lowest BCUT2D eigenvalue weighted by molar-refractivity contribution is -0.126. The van der Waals surface area contributed by atoms with Gasteiger partial charge in [-0.25, -0.2) is 0 Å². The SMILES string of the molecule is O=C[C@H](CO)NC(=O)[C@H](CO)NP. The first-order valence-electron chi connectivity index (χ1n) is 3.63. The van der Waals surface area contributed by atoms with Gasteiger partial charge in [-0.2, -0.15) is 0 Å². The molecule has 13 heavy (non-hydrogen) atoms. The molecule has 0 spiro atoms. The first-order valence-corrected chi connectivity index (χ1v) is 4.20. The molecule has 0 aromatic rings. The Labute approximate surface area is 78.0 Å². The third kappa shape index (κ3) is 4.28. The molecule has 0 bridgehead atoms. The first-order chi connectivity index (χ1) is 6.19. The van der Waals surface area contributed by atoms with Crippen LogP contribution in [0.2, 0.25) is 0 Å². The fraction of sp³-hybridized carbons (Fsp3) is 0.667. The first kappa shape index (κ1) is 12.4. The average molecular weight is 208 g/mol. The molecule has 0 aliphatic heterocycles. The number of aldehydes is 1. The highest BCUT2D eigenvalue weighted by Gasteiger charge is 2.18. The van der Waals surface area contributed by atoms with E-state index in [-0.39, 0.29) is 6.61 Å². The van der Waals surface area contributed by atoms with Crippen LogP contribution in [0, 0.1) is 0 Å². The van der Waals surface area contributed by atoms with E-state index in [2.05, 4.69) is 19.8 Å². The molecule has 3 atom stereocenters. The predicted octanol–water partition coefficient (Wildman–Crippen LogP) is -2.60. The lowest BCUT2D eigenvalue weighted by atomic mass is 10.2. The molecular formula is C6H13N2O4P. The van der Waals surface area contributed by atoms with E-state index in [1.54, 1.807) is 0 Å². The second kappa shape index (κ2) is 6.91. The minimum Gasteiger partial charge on any atom is -0.394 e. The van der Waals surface area contributed by atoms with Crippen molar-refractivity contribution in [1.82, 2.24) is 10.4 Å². The Bertz CT molecular complexity index is 174. The highest BCUT2D eigenvalue weighted by Crippen LogP contribution is 1.87. The molecule has 76 valence electrons. The summed E-state index contributed by atoms with van der Waals surface area (Å²) in [6.07, 6.45) is 0.426. The van der Waals surface area contributed by atoms with Crippen LogP contribution in [0.15, 0.2) is 0 Å². The molecule has 4 N–H and O–H groups in total. The largest absolute Gasteiger partial charge is 0.394 e. The van der Waals surface area contributed by atoms with Gasteiger partial charge in [-0.05, 0) is 0 Å². The topological polar surface area (TPSA) is 98.7 Å². The molecule has 7 heteroatoms. The van der Waals surface area contributed by atoms with Crippen LogP contribution < -0.4 is 10.4 Å². The average Bonchev–Trinajstić information content (AvgIpc) is 2.16. The van der Waals surface area contributed by atoms with Gasteiger partial charge in [-0.15, -0.1) is 0 Å². The number of hydrogen-bond donors (Lipinski definition) is 4. The quantitative estimate of drug-likeness (QED) is 0.283. The van der Waals surface area contributed by atoms with Gasteiger partial charge < -0.3 is 20.3 Å². The van der Waals surface area contributed by atoms with Gasteiger partial charge in [-0.3, -0.25) is 9.88 Å². The van der Waals surface area contributed by atoms with Gasteiger partial charge in [0, 0.05) is 0 Å². The van der Waals surface area contributed by atoms with Crippen LogP contribution in [0.5, 0.6) is 0 Å². The zero-order valence-corrected chi connectivity index (χ0v) is 8.09. The Morgan fingerprint density at radius 1 is 1.46 bits per heavy atom. The third-order valence-electron chi connectivity index (χ3n) is 1.39. The van der Waals surface area contributed by atoms with Crippen molar-refractivity contribution >= 4 is 21.6 Å². The van der Waals surface area contributed by atoms with Crippen LogP contribution >= 0.6 is 9.39 Å². The number of carbonyl (C=O) groups excluding carboxylic acids is 2. The summed E-state index contributed by atoms with van der Waals surface area (Å²) < 4.78 is 0. The highest BCUT2D eigenvalue weighted by atomic mass is 31.0. The van der Waals surface area contributed by atoms with Crippen molar-refractivity contribution in [3.05, 3.63) is 0 Å². The number of aliphatic hydroxyl groups is 2. The Hall–Kier alpha value is -0.550. The van der Waals surface area contributed by atoms with Crippen molar-refractivity contribution < 1.29 is 19.8 Å². The zero-order chi connectivity index (χ0) is 10.3. The van der Waals surface area contributed by atoms with Crippen molar-refractivity contribution in [3.63, 3.8) is 0 Å². The fourth-order valence-electron chi connectivity index (χ4n) is 0.617. The summed E-state index contributed by atoms with van der Waals surface area (Å²) in [6, 6.07) is -1.71. The van der Waals surface area contributed by atoms with E-state index in [0.717, 1.165) is 0 Å². The number of aliphatic hydroxyl groups excluding tert-OH is 2. The third-order valence-corrected chi connectivity index (χ3v) is 1.79. The maximum Gasteiger partial charge on any atom is 0.240 e. The standard InChI is InChI=1S/C6H13N2O4P/c9-1-4(2-10)7-6(12)5(3-11)8-13/h1,4-5,8,10-11H,2-3,13H2,(H,7,12)/t4-,5+/m1/s1. The van der Waals surface area contributed by atoms with Crippen LogP contribution in [0.1, 0.15) is 0 Å². The molecule has 6 nitrogen and oxygen atoms in total. The van der Waals surface area contributed by atoms with Crippen LogP contribution in [-0.2, 0) is 9.59 Å². The fourth-order valence-corrected chi connectivity index (χ4v) is 0.874. The van der Waals surface area contributed by atoms with E-state index in [9.17, 15) is 9.59 Å². The van der Waals surface area contributed by atoms with E-state index in [0.29, 0.717) is 6.29 Å². The second-order valence-corrected chi connectivity index (χ2v) is 2.67. The molecule has 0 aliphatic rings. The number of rotatable bonds is 6. The van der Waals surface area contributed by atoms with E-state index in [1.807, 2.05) is 0 Å². The monoisotopic (exact) mass is 208 g/mol. The number of carbonyl (C=O) groups is 2. The molecule has 0 saturated heterocycles. The van der Waals surface area contributed by atoms with Gasteiger partial charge in [0.05, 0.1) is 13.2 Å². The predicted molar refractivity (Wildman–Crippen MR) is 48.8 cm³/mol. The maximum absolute atomic E-state index is 11.1. The number of nitrogens with one attached hydrogen (secondary N) is 2. The zero-order valence-electron chi connectivity index (χ0n) is 6.93. The van der Waals surface area contributed by atoms with E-state index >= 15 is 0 Å². The molecule has 1 amide bonds. The highest BCUT2D eigenvalue weighted by molar-refractivity contribution is 7.13. The summed E-state index contributed by atoms with van der Waals surface area (Å²) in [6.45, 7) is -0.837. The van der Waals surface area contributed by atoms with Crippen molar-refractivity contribution in [2.45, 2.75) is 12.1 Å². The number of hydrogen-bond acceptors (Lipinski definition) is 5. The van der Waals surface area contributed by atoms with Gasteiger partial charge in [0.2, 0.25) is 5.91 Å². The Kier molecular flexibility index (Phi) is 6.62. The maximum atomic E-state index is 11.1. The summed E-state index contributed by atoms with van der Waals surface area (Å²) in [7, 11) is 2.08. The van der Waals surface area contributed by atoms with E-state index < -0.39 is 24.6 Å². The summed E-state index contributed by atoms with van der Waals surface area (Å²) in [5, 5.41) is 21.9. The van der Waals surface area contributed by atoms with Gasteiger partial charge in [0.1, 0.15) is 18.4 Å². The molecular weight excluding hydrogens is 195 g/mol. The lowest BCUT2D eigenvalue weighted by Gasteiger charge is -2.15. The summed E-state index contributed by atoms with van der Waals surface area (Å²) in [5.41, 5.74) is 0. The Balaban J connectivity index is 4.02. The van der Waals surface area contributed by atoms with Crippen molar-refractivity contribution in [2.24, 2.45) is 0 Å². The van der Waals surface area contributed by atoms with Gasteiger partial charge in [0.15, 0.2) is 0 Å². The molecule has 0 radical (unpaired) electrons.